The fraction of sp³-hybridized carbons (Fsp3) is 0.824. The van der Waals surface area contributed by atoms with Crippen molar-refractivity contribution in [2.75, 3.05) is 7.05 Å². The summed E-state index contributed by atoms with van der Waals surface area (Å²) in [6.45, 7) is 4.49. The van der Waals surface area contributed by atoms with E-state index in [1.807, 2.05) is 0 Å². The molecule has 1 aromatic heterocycles. The molecule has 0 saturated heterocycles. The van der Waals surface area contributed by atoms with Gasteiger partial charge in [0.05, 0.1) is 11.7 Å². The van der Waals surface area contributed by atoms with Crippen molar-refractivity contribution < 1.29 is 0 Å². The van der Waals surface area contributed by atoms with E-state index < -0.39 is 0 Å². The van der Waals surface area contributed by atoms with Crippen LogP contribution in [0.25, 0.3) is 0 Å². The first kappa shape index (κ1) is 15.6. The number of likely N-dealkylation sites (N-methyl/N-ethyl adjacent to an activating group) is 1. The van der Waals surface area contributed by atoms with Crippen LogP contribution < -0.4 is 5.32 Å². The molecule has 1 N–H and O–H groups in total. The summed E-state index contributed by atoms with van der Waals surface area (Å²) in [5.41, 5.74) is 1.25. The molecule has 2 rings (SSSR count). The highest BCUT2D eigenvalue weighted by molar-refractivity contribution is 5.03. The average Bonchev–Trinajstić information content (AvgIpc) is 2.95. The zero-order chi connectivity index (χ0) is 14.4. The normalized spacial score (nSPS) is 18.6. The van der Waals surface area contributed by atoms with Gasteiger partial charge in [0.1, 0.15) is 0 Å². The lowest BCUT2D eigenvalue weighted by molar-refractivity contribution is 0.275. The van der Waals surface area contributed by atoms with Crippen molar-refractivity contribution in [3.8, 4) is 0 Å². The van der Waals surface area contributed by atoms with E-state index >= 15 is 0 Å². The van der Waals surface area contributed by atoms with Gasteiger partial charge in [-0.3, -0.25) is 4.68 Å². The smallest absolute Gasteiger partial charge is 0.0640 e. The fourth-order valence-corrected chi connectivity index (χ4v) is 3.62. The molecule has 0 bridgehead atoms. The highest BCUT2D eigenvalue weighted by Gasteiger charge is 2.23. The van der Waals surface area contributed by atoms with Crippen LogP contribution in [0.15, 0.2) is 12.3 Å². The molecule has 20 heavy (non-hydrogen) atoms. The van der Waals surface area contributed by atoms with Gasteiger partial charge in [-0.25, -0.2) is 0 Å². The standard InChI is InChI=1S/C17H31N3/c1-4-16(5-2)20-12-11-15(19-20)13-17(18-3)14-9-7-6-8-10-14/h11-12,14,16-18H,4-10,13H2,1-3H3. The summed E-state index contributed by atoms with van der Waals surface area (Å²) in [6, 6.07) is 3.37. The molecule has 1 saturated carbocycles. The maximum absolute atomic E-state index is 4.81. The summed E-state index contributed by atoms with van der Waals surface area (Å²) in [6.07, 6.45) is 12.6. The fourth-order valence-electron chi connectivity index (χ4n) is 3.62. The van der Waals surface area contributed by atoms with Gasteiger partial charge in [0.2, 0.25) is 0 Å². The summed E-state index contributed by atoms with van der Waals surface area (Å²) in [7, 11) is 2.11. The molecule has 114 valence electrons. The first-order chi connectivity index (χ1) is 9.78. The van der Waals surface area contributed by atoms with Crippen LogP contribution in [-0.2, 0) is 6.42 Å². The Hall–Kier alpha value is -0.830. The Kier molecular flexibility index (Phi) is 6.08. The minimum absolute atomic E-state index is 0.562. The Morgan fingerprint density at radius 1 is 1.25 bits per heavy atom. The molecule has 0 amide bonds. The number of hydrogen-bond donors (Lipinski definition) is 1. The first-order valence-corrected chi connectivity index (χ1v) is 8.49. The largest absolute Gasteiger partial charge is 0.316 e. The molecule has 3 heteroatoms. The van der Waals surface area contributed by atoms with Crippen LogP contribution in [0.5, 0.6) is 0 Å². The summed E-state index contributed by atoms with van der Waals surface area (Å²) < 4.78 is 2.17. The van der Waals surface area contributed by atoms with E-state index in [9.17, 15) is 0 Å². The van der Waals surface area contributed by atoms with Crippen molar-refractivity contribution in [2.45, 2.75) is 77.3 Å². The zero-order valence-corrected chi connectivity index (χ0v) is 13.4. The van der Waals surface area contributed by atoms with Gasteiger partial charge in [-0.15, -0.1) is 0 Å². The molecular formula is C17H31N3. The van der Waals surface area contributed by atoms with Crippen molar-refractivity contribution in [1.29, 1.82) is 0 Å². The van der Waals surface area contributed by atoms with Gasteiger partial charge in [-0.1, -0.05) is 33.1 Å². The van der Waals surface area contributed by atoms with Crippen molar-refractivity contribution in [1.82, 2.24) is 15.1 Å². The van der Waals surface area contributed by atoms with Crippen LogP contribution in [0.2, 0.25) is 0 Å². The highest BCUT2D eigenvalue weighted by Crippen LogP contribution is 2.28. The first-order valence-electron chi connectivity index (χ1n) is 8.49. The number of nitrogens with one attached hydrogen (secondary N) is 1. The van der Waals surface area contributed by atoms with Crippen LogP contribution in [0, 0.1) is 5.92 Å². The number of hydrogen-bond acceptors (Lipinski definition) is 2. The lowest BCUT2D eigenvalue weighted by Gasteiger charge is -2.29. The third kappa shape index (κ3) is 3.85. The predicted molar refractivity (Wildman–Crippen MR) is 85.0 cm³/mol. The average molecular weight is 277 g/mol. The topological polar surface area (TPSA) is 29.9 Å². The minimum Gasteiger partial charge on any atom is -0.316 e. The molecule has 0 spiro atoms. The summed E-state index contributed by atoms with van der Waals surface area (Å²) >= 11 is 0. The van der Waals surface area contributed by atoms with E-state index in [1.54, 1.807) is 0 Å². The van der Waals surface area contributed by atoms with Crippen LogP contribution in [-0.4, -0.2) is 22.9 Å². The van der Waals surface area contributed by atoms with Crippen molar-refractivity contribution in [3.05, 3.63) is 18.0 Å². The van der Waals surface area contributed by atoms with E-state index in [-0.39, 0.29) is 0 Å². The third-order valence-electron chi connectivity index (χ3n) is 5.00. The number of aromatic nitrogens is 2. The quantitative estimate of drug-likeness (QED) is 0.817. The van der Waals surface area contributed by atoms with Crippen LogP contribution >= 0.6 is 0 Å². The minimum atomic E-state index is 0.562. The summed E-state index contributed by atoms with van der Waals surface area (Å²) in [5, 5.41) is 8.35. The van der Waals surface area contributed by atoms with E-state index in [2.05, 4.69) is 43.2 Å². The SMILES string of the molecule is CCC(CC)n1ccc(CC(NC)C2CCCCC2)n1. The maximum Gasteiger partial charge on any atom is 0.0640 e. The van der Waals surface area contributed by atoms with Gasteiger partial charge >= 0.3 is 0 Å². The zero-order valence-electron chi connectivity index (χ0n) is 13.4. The molecule has 1 aromatic rings. The molecule has 1 fully saturated rings. The van der Waals surface area contributed by atoms with E-state index in [1.165, 1.54) is 37.8 Å². The van der Waals surface area contributed by atoms with Gasteiger partial charge in [0.25, 0.3) is 0 Å². The van der Waals surface area contributed by atoms with Gasteiger partial charge < -0.3 is 5.32 Å². The molecule has 1 aliphatic carbocycles. The Bertz CT molecular complexity index is 375. The number of rotatable bonds is 7. The van der Waals surface area contributed by atoms with Crippen molar-refractivity contribution >= 4 is 0 Å². The second kappa shape index (κ2) is 7.82. The molecule has 1 heterocycles. The number of nitrogens with zero attached hydrogens (tertiary/aromatic N) is 2. The Morgan fingerprint density at radius 2 is 1.95 bits per heavy atom. The molecule has 0 aromatic carbocycles. The summed E-state index contributed by atoms with van der Waals surface area (Å²) in [4.78, 5) is 0. The molecule has 0 aliphatic heterocycles. The second-order valence-electron chi connectivity index (χ2n) is 6.25. The van der Waals surface area contributed by atoms with Crippen molar-refractivity contribution in [3.63, 3.8) is 0 Å². The Morgan fingerprint density at radius 3 is 2.55 bits per heavy atom. The van der Waals surface area contributed by atoms with E-state index in [0.717, 1.165) is 25.2 Å². The Labute approximate surface area is 124 Å². The molecule has 1 unspecified atom stereocenters. The molecule has 3 nitrogen and oxygen atoms in total. The Balaban J connectivity index is 1.96. The molecule has 1 atom stereocenters. The predicted octanol–water partition coefficient (Wildman–Crippen LogP) is 3.96. The van der Waals surface area contributed by atoms with Gasteiger partial charge in [-0.05, 0) is 44.7 Å². The van der Waals surface area contributed by atoms with E-state index in [0.29, 0.717) is 12.1 Å². The van der Waals surface area contributed by atoms with Gasteiger partial charge in [0, 0.05) is 18.7 Å². The maximum atomic E-state index is 4.81. The van der Waals surface area contributed by atoms with Crippen molar-refractivity contribution in [2.24, 2.45) is 5.92 Å². The van der Waals surface area contributed by atoms with E-state index in [4.69, 9.17) is 5.10 Å². The third-order valence-corrected chi connectivity index (χ3v) is 5.00. The highest BCUT2D eigenvalue weighted by atomic mass is 15.3. The van der Waals surface area contributed by atoms with Gasteiger partial charge in [-0.2, -0.15) is 5.10 Å². The molecule has 1 aliphatic rings. The van der Waals surface area contributed by atoms with Gasteiger partial charge in [0.15, 0.2) is 0 Å². The monoisotopic (exact) mass is 277 g/mol. The lowest BCUT2D eigenvalue weighted by atomic mass is 9.82. The molecular weight excluding hydrogens is 246 g/mol. The molecule has 0 radical (unpaired) electrons. The van der Waals surface area contributed by atoms with Crippen LogP contribution in [0.3, 0.4) is 0 Å². The lowest BCUT2D eigenvalue weighted by Crippen LogP contribution is -2.36. The summed E-state index contributed by atoms with van der Waals surface area (Å²) in [5.74, 6) is 0.840. The van der Waals surface area contributed by atoms with Crippen LogP contribution in [0.1, 0.15) is 70.5 Å². The second-order valence-corrected chi connectivity index (χ2v) is 6.25. The van der Waals surface area contributed by atoms with Crippen LogP contribution in [0.4, 0.5) is 0 Å².